The van der Waals surface area contributed by atoms with Crippen LogP contribution in [0.1, 0.15) is 11.7 Å². The molecule has 0 amide bonds. The van der Waals surface area contributed by atoms with Gasteiger partial charge in [0, 0.05) is 0 Å². The quantitative estimate of drug-likeness (QED) is 0.724. The van der Waals surface area contributed by atoms with E-state index >= 15 is 0 Å². The molecule has 0 fully saturated rings. The van der Waals surface area contributed by atoms with Gasteiger partial charge in [-0.3, -0.25) is 0 Å². The van der Waals surface area contributed by atoms with Gasteiger partial charge in [-0.1, -0.05) is 48.5 Å². The van der Waals surface area contributed by atoms with Crippen molar-refractivity contribution in [3.63, 3.8) is 0 Å². The van der Waals surface area contributed by atoms with Gasteiger partial charge in [0.2, 0.25) is 0 Å². The van der Waals surface area contributed by atoms with E-state index in [9.17, 15) is 0 Å². The Bertz CT molecular complexity index is 418. The van der Waals surface area contributed by atoms with Crippen molar-refractivity contribution in [1.29, 1.82) is 0 Å². The molecule has 0 saturated carbocycles. The lowest BCUT2D eigenvalue weighted by Crippen LogP contribution is -2.19. The van der Waals surface area contributed by atoms with Crippen molar-refractivity contribution < 1.29 is 0 Å². The second kappa shape index (κ2) is 4.26. The van der Waals surface area contributed by atoms with Crippen molar-refractivity contribution in [3.05, 3.63) is 60.2 Å². The molecular formula is C13H13N2. The Morgan fingerprint density at radius 3 is 1.87 bits per heavy atom. The van der Waals surface area contributed by atoms with Crippen LogP contribution in [0.5, 0.6) is 0 Å². The molecule has 15 heavy (non-hydrogen) atoms. The molecule has 0 aliphatic carbocycles. The second-order valence-corrected chi connectivity index (χ2v) is 3.44. The topological polar surface area (TPSA) is 52.0 Å². The minimum absolute atomic E-state index is 0.400. The summed E-state index contributed by atoms with van der Waals surface area (Å²) in [6.45, 7) is 0. The highest BCUT2D eigenvalue weighted by molar-refractivity contribution is 5.63. The first-order valence-electron chi connectivity index (χ1n) is 4.85. The van der Waals surface area contributed by atoms with Gasteiger partial charge >= 0.3 is 0 Å². The summed E-state index contributed by atoms with van der Waals surface area (Å²) in [5, 5.41) is 0. The molecule has 0 spiro atoms. The SMILES string of the molecule is NC(N)c1ccc(-c2cc[c]cc2)cc1. The highest BCUT2D eigenvalue weighted by atomic mass is 14.8. The number of rotatable bonds is 2. The summed E-state index contributed by atoms with van der Waals surface area (Å²) in [5.41, 5.74) is 14.4. The van der Waals surface area contributed by atoms with Crippen LogP contribution in [-0.2, 0) is 0 Å². The number of nitrogens with two attached hydrogens (primary N) is 2. The van der Waals surface area contributed by atoms with E-state index in [2.05, 4.69) is 6.07 Å². The summed E-state index contributed by atoms with van der Waals surface area (Å²) in [6.07, 6.45) is -0.400. The average molecular weight is 197 g/mol. The van der Waals surface area contributed by atoms with Gasteiger partial charge in [0.15, 0.2) is 0 Å². The number of hydrogen-bond donors (Lipinski definition) is 2. The fourth-order valence-corrected chi connectivity index (χ4v) is 1.48. The Hall–Kier alpha value is -1.64. The van der Waals surface area contributed by atoms with Crippen molar-refractivity contribution in [1.82, 2.24) is 0 Å². The molecule has 75 valence electrons. The molecule has 0 aliphatic rings. The molecule has 0 heterocycles. The maximum absolute atomic E-state index is 5.58. The van der Waals surface area contributed by atoms with Crippen LogP contribution >= 0.6 is 0 Å². The predicted octanol–water partition coefficient (Wildman–Crippen LogP) is 2.07. The number of benzene rings is 2. The van der Waals surface area contributed by atoms with Crippen LogP contribution in [0.2, 0.25) is 0 Å². The minimum Gasteiger partial charge on any atom is -0.312 e. The molecule has 1 radical (unpaired) electrons. The Morgan fingerprint density at radius 1 is 0.800 bits per heavy atom. The molecule has 0 aliphatic heterocycles. The monoisotopic (exact) mass is 197 g/mol. The molecule has 0 unspecified atom stereocenters. The average Bonchev–Trinajstić information content (AvgIpc) is 2.30. The molecule has 0 bridgehead atoms. The summed E-state index contributed by atoms with van der Waals surface area (Å²) in [6, 6.07) is 18.8. The van der Waals surface area contributed by atoms with E-state index in [1.54, 1.807) is 0 Å². The molecule has 2 heteroatoms. The van der Waals surface area contributed by atoms with Gasteiger partial charge in [-0.2, -0.15) is 0 Å². The van der Waals surface area contributed by atoms with E-state index < -0.39 is 6.17 Å². The molecule has 2 rings (SSSR count). The lowest BCUT2D eigenvalue weighted by molar-refractivity contribution is 0.774. The molecular weight excluding hydrogens is 184 g/mol. The summed E-state index contributed by atoms with van der Waals surface area (Å²) in [4.78, 5) is 0. The molecule has 2 aromatic carbocycles. The van der Waals surface area contributed by atoms with Gasteiger partial charge in [-0.05, 0) is 22.8 Å². The minimum atomic E-state index is -0.400. The second-order valence-electron chi connectivity index (χ2n) is 3.44. The largest absolute Gasteiger partial charge is 0.312 e. The van der Waals surface area contributed by atoms with E-state index in [0.29, 0.717) is 0 Å². The summed E-state index contributed by atoms with van der Waals surface area (Å²) < 4.78 is 0. The predicted molar refractivity (Wildman–Crippen MR) is 61.8 cm³/mol. The number of hydrogen-bond acceptors (Lipinski definition) is 2. The van der Waals surface area contributed by atoms with Crippen LogP contribution in [0.25, 0.3) is 11.1 Å². The Balaban J connectivity index is 2.32. The van der Waals surface area contributed by atoms with E-state index in [1.807, 2.05) is 48.5 Å². The summed E-state index contributed by atoms with van der Waals surface area (Å²) in [5.74, 6) is 0. The van der Waals surface area contributed by atoms with Crippen LogP contribution in [0.4, 0.5) is 0 Å². The highest BCUT2D eigenvalue weighted by Crippen LogP contribution is 2.19. The molecule has 2 aromatic rings. The van der Waals surface area contributed by atoms with Gasteiger partial charge in [0.1, 0.15) is 0 Å². The Kier molecular flexibility index (Phi) is 2.81. The maximum Gasteiger partial charge on any atom is 0.0784 e. The fraction of sp³-hybridized carbons (Fsp3) is 0.0769. The third kappa shape index (κ3) is 2.24. The normalized spacial score (nSPS) is 10.6. The fourth-order valence-electron chi connectivity index (χ4n) is 1.48. The standard InChI is InChI=1S/C13H13N2/c14-13(15)12-8-6-11(7-9-12)10-4-2-1-3-5-10/h2-9,13H,14-15H2. The molecule has 2 nitrogen and oxygen atoms in total. The van der Waals surface area contributed by atoms with Crippen LogP contribution in [0.3, 0.4) is 0 Å². The van der Waals surface area contributed by atoms with Crippen LogP contribution in [-0.4, -0.2) is 0 Å². The van der Waals surface area contributed by atoms with Crippen molar-refractivity contribution in [3.8, 4) is 11.1 Å². The molecule has 0 atom stereocenters. The van der Waals surface area contributed by atoms with E-state index in [1.165, 1.54) is 5.56 Å². The van der Waals surface area contributed by atoms with Crippen LogP contribution in [0, 0.1) is 6.07 Å². The first-order chi connectivity index (χ1) is 7.27. The van der Waals surface area contributed by atoms with Crippen molar-refractivity contribution in [2.75, 3.05) is 0 Å². The van der Waals surface area contributed by atoms with Gasteiger partial charge in [0.25, 0.3) is 0 Å². The lowest BCUT2D eigenvalue weighted by atomic mass is 10.0. The maximum atomic E-state index is 5.58. The Morgan fingerprint density at radius 2 is 1.33 bits per heavy atom. The van der Waals surface area contributed by atoms with E-state index in [-0.39, 0.29) is 0 Å². The molecule has 4 N–H and O–H groups in total. The zero-order chi connectivity index (χ0) is 10.7. The molecule has 0 saturated heterocycles. The third-order valence-electron chi connectivity index (χ3n) is 2.35. The van der Waals surface area contributed by atoms with E-state index in [0.717, 1.165) is 11.1 Å². The van der Waals surface area contributed by atoms with Gasteiger partial charge < -0.3 is 11.5 Å². The third-order valence-corrected chi connectivity index (χ3v) is 2.35. The van der Waals surface area contributed by atoms with Gasteiger partial charge in [-0.15, -0.1) is 0 Å². The van der Waals surface area contributed by atoms with Crippen molar-refractivity contribution >= 4 is 0 Å². The first kappa shape index (κ1) is 9.90. The zero-order valence-corrected chi connectivity index (χ0v) is 8.35. The Labute approximate surface area is 89.5 Å². The highest BCUT2D eigenvalue weighted by Gasteiger charge is 2.00. The van der Waals surface area contributed by atoms with Crippen LogP contribution in [0.15, 0.2) is 48.5 Å². The lowest BCUT2D eigenvalue weighted by Gasteiger charge is -2.06. The summed E-state index contributed by atoms with van der Waals surface area (Å²) in [7, 11) is 0. The summed E-state index contributed by atoms with van der Waals surface area (Å²) >= 11 is 0. The smallest absolute Gasteiger partial charge is 0.0784 e. The van der Waals surface area contributed by atoms with E-state index in [4.69, 9.17) is 11.5 Å². The van der Waals surface area contributed by atoms with Gasteiger partial charge in [0.05, 0.1) is 6.17 Å². The van der Waals surface area contributed by atoms with Crippen molar-refractivity contribution in [2.24, 2.45) is 11.5 Å². The van der Waals surface area contributed by atoms with Crippen molar-refractivity contribution in [2.45, 2.75) is 6.17 Å². The molecule has 0 aromatic heterocycles. The van der Waals surface area contributed by atoms with Gasteiger partial charge in [-0.25, -0.2) is 0 Å². The zero-order valence-electron chi connectivity index (χ0n) is 8.35. The van der Waals surface area contributed by atoms with Crippen LogP contribution < -0.4 is 11.5 Å². The first-order valence-corrected chi connectivity index (χ1v) is 4.85.